The van der Waals surface area contributed by atoms with Crippen molar-refractivity contribution < 1.29 is 4.21 Å². The monoisotopic (exact) mass is 241 g/mol. The molecule has 2 unspecified atom stereocenters. The van der Waals surface area contributed by atoms with Crippen LogP contribution in [0.15, 0.2) is 12.4 Å². The van der Waals surface area contributed by atoms with Crippen molar-refractivity contribution in [2.75, 3.05) is 24.0 Å². The van der Waals surface area contributed by atoms with Crippen molar-refractivity contribution in [1.29, 1.82) is 0 Å². The molecule has 16 heavy (non-hydrogen) atoms. The van der Waals surface area contributed by atoms with Crippen LogP contribution in [0.25, 0.3) is 0 Å². The number of aryl methyl sites for hydroxylation is 1. The molecule has 1 heterocycles. The van der Waals surface area contributed by atoms with Crippen LogP contribution in [0, 0.1) is 0 Å². The van der Waals surface area contributed by atoms with Crippen LogP contribution in [0.3, 0.4) is 0 Å². The lowest BCUT2D eigenvalue weighted by Gasteiger charge is -2.25. The van der Waals surface area contributed by atoms with E-state index in [0.29, 0.717) is 5.75 Å². The first kappa shape index (κ1) is 13.1. The lowest BCUT2D eigenvalue weighted by molar-refractivity contribution is 0.673. The van der Waals surface area contributed by atoms with E-state index in [2.05, 4.69) is 23.8 Å². The van der Waals surface area contributed by atoms with E-state index in [4.69, 9.17) is 0 Å². The molecule has 0 N–H and O–H groups in total. The van der Waals surface area contributed by atoms with E-state index in [9.17, 15) is 4.21 Å². The van der Waals surface area contributed by atoms with E-state index in [0.717, 1.165) is 17.9 Å². The second-order valence-electron chi connectivity index (χ2n) is 3.92. The zero-order valence-corrected chi connectivity index (χ0v) is 11.1. The Labute approximate surface area is 99.6 Å². The summed E-state index contributed by atoms with van der Waals surface area (Å²) in [5, 5.41) is 0. The second kappa shape index (κ2) is 5.94. The number of aromatic nitrogens is 2. The molecule has 0 bridgehead atoms. The second-order valence-corrected chi connectivity index (χ2v) is 5.40. The summed E-state index contributed by atoms with van der Waals surface area (Å²) in [6.07, 6.45) is 4.21. The molecule has 0 radical (unpaired) electrons. The van der Waals surface area contributed by atoms with E-state index in [-0.39, 0.29) is 6.04 Å². The highest BCUT2D eigenvalue weighted by molar-refractivity contribution is 7.84. The summed E-state index contributed by atoms with van der Waals surface area (Å²) in [5.41, 5.74) is 1.03. The molecule has 4 nitrogen and oxygen atoms in total. The predicted octanol–water partition coefficient (Wildman–Crippen LogP) is 1.24. The van der Waals surface area contributed by atoms with Gasteiger partial charge >= 0.3 is 0 Å². The van der Waals surface area contributed by atoms with Crippen molar-refractivity contribution >= 4 is 16.6 Å². The molecular formula is C11H19N3OS. The third kappa shape index (κ3) is 3.56. The molecule has 0 spiro atoms. The minimum atomic E-state index is -0.782. The fourth-order valence-corrected chi connectivity index (χ4v) is 2.35. The first-order chi connectivity index (χ1) is 7.54. The molecule has 0 aliphatic rings. The van der Waals surface area contributed by atoms with Gasteiger partial charge in [-0.25, -0.2) is 9.97 Å². The molecule has 90 valence electrons. The standard InChI is InChI=1S/C11H19N3OS/c1-5-10-6-11(13-8-12-10)14(3)9(2)7-16(4)15/h6,8-9H,5,7H2,1-4H3. The smallest absolute Gasteiger partial charge is 0.132 e. The van der Waals surface area contributed by atoms with Gasteiger partial charge < -0.3 is 4.90 Å². The summed E-state index contributed by atoms with van der Waals surface area (Å²) < 4.78 is 11.2. The number of rotatable bonds is 5. The van der Waals surface area contributed by atoms with Crippen LogP contribution in [-0.4, -0.2) is 39.3 Å². The predicted molar refractivity (Wildman–Crippen MR) is 68.2 cm³/mol. The summed E-state index contributed by atoms with van der Waals surface area (Å²) >= 11 is 0. The number of nitrogens with zero attached hydrogens (tertiary/aromatic N) is 3. The Morgan fingerprint density at radius 2 is 2.19 bits per heavy atom. The first-order valence-electron chi connectivity index (χ1n) is 5.38. The SMILES string of the molecule is CCc1cc(N(C)C(C)CS(C)=O)ncn1. The van der Waals surface area contributed by atoms with Gasteiger partial charge in [-0.1, -0.05) is 6.92 Å². The van der Waals surface area contributed by atoms with Gasteiger partial charge in [-0.2, -0.15) is 0 Å². The molecule has 0 aliphatic heterocycles. The summed E-state index contributed by atoms with van der Waals surface area (Å²) in [4.78, 5) is 10.4. The topological polar surface area (TPSA) is 46.1 Å². The molecule has 0 saturated heterocycles. The van der Waals surface area contributed by atoms with Crippen LogP contribution in [0.4, 0.5) is 5.82 Å². The minimum absolute atomic E-state index is 0.213. The van der Waals surface area contributed by atoms with Crippen molar-refractivity contribution in [2.24, 2.45) is 0 Å². The molecule has 1 aromatic rings. The molecule has 0 saturated carbocycles. The Balaban J connectivity index is 2.78. The van der Waals surface area contributed by atoms with Crippen molar-refractivity contribution in [1.82, 2.24) is 9.97 Å². The number of hydrogen-bond acceptors (Lipinski definition) is 4. The molecule has 0 aromatic carbocycles. The Morgan fingerprint density at radius 3 is 2.75 bits per heavy atom. The lowest BCUT2D eigenvalue weighted by Crippen LogP contribution is -2.34. The van der Waals surface area contributed by atoms with Crippen LogP contribution in [0.2, 0.25) is 0 Å². The highest BCUT2D eigenvalue weighted by Gasteiger charge is 2.12. The van der Waals surface area contributed by atoms with Crippen LogP contribution in [-0.2, 0) is 17.2 Å². The molecule has 1 aromatic heterocycles. The summed E-state index contributed by atoms with van der Waals surface area (Å²) in [7, 11) is 1.19. The maximum Gasteiger partial charge on any atom is 0.132 e. The first-order valence-corrected chi connectivity index (χ1v) is 7.11. The van der Waals surface area contributed by atoms with Gasteiger partial charge in [0.25, 0.3) is 0 Å². The quantitative estimate of drug-likeness (QED) is 0.778. The molecule has 0 fully saturated rings. The van der Waals surface area contributed by atoms with Gasteiger partial charge in [-0.05, 0) is 13.3 Å². The van der Waals surface area contributed by atoms with Crippen molar-refractivity contribution in [3.05, 3.63) is 18.1 Å². The van der Waals surface area contributed by atoms with Crippen molar-refractivity contribution in [3.63, 3.8) is 0 Å². The Bertz CT molecular complexity index is 370. The van der Waals surface area contributed by atoms with Gasteiger partial charge in [0.05, 0.1) is 0 Å². The van der Waals surface area contributed by atoms with Crippen molar-refractivity contribution in [3.8, 4) is 0 Å². The molecular weight excluding hydrogens is 222 g/mol. The Hall–Kier alpha value is -0.970. The zero-order chi connectivity index (χ0) is 12.1. The molecule has 2 atom stereocenters. The molecule has 5 heteroatoms. The average Bonchev–Trinajstić information content (AvgIpc) is 2.27. The maximum atomic E-state index is 11.2. The highest BCUT2D eigenvalue weighted by atomic mass is 32.2. The van der Waals surface area contributed by atoms with Gasteiger partial charge in [0, 0.05) is 47.7 Å². The fourth-order valence-electron chi connectivity index (χ4n) is 1.45. The van der Waals surface area contributed by atoms with E-state index < -0.39 is 10.8 Å². The van der Waals surface area contributed by atoms with Gasteiger partial charge in [-0.3, -0.25) is 4.21 Å². The summed E-state index contributed by atoms with van der Waals surface area (Å²) in [6, 6.07) is 2.19. The largest absolute Gasteiger partial charge is 0.356 e. The normalized spacial score (nSPS) is 14.5. The minimum Gasteiger partial charge on any atom is -0.356 e. The van der Waals surface area contributed by atoms with Crippen LogP contribution in [0.1, 0.15) is 19.5 Å². The average molecular weight is 241 g/mol. The van der Waals surface area contributed by atoms with Gasteiger partial charge in [0.15, 0.2) is 0 Å². The van der Waals surface area contributed by atoms with E-state index >= 15 is 0 Å². The summed E-state index contributed by atoms with van der Waals surface area (Å²) in [6.45, 7) is 4.12. The van der Waals surface area contributed by atoms with E-state index in [1.807, 2.05) is 18.0 Å². The Morgan fingerprint density at radius 1 is 1.50 bits per heavy atom. The number of hydrogen-bond donors (Lipinski definition) is 0. The van der Waals surface area contributed by atoms with Crippen LogP contribution in [0.5, 0.6) is 0 Å². The molecule has 0 amide bonds. The van der Waals surface area contributed by atoms with Gasteiger partial charge in [0.2, 0.25) is 0 Å². The third-order valence-electron chi connectivity index (χ3n) is 2.57. The van der Waals surface area contributed by atoms with Crippen LogP contribution < -0.4 is 4.90 Å². The molecule has 1 rings (SSSR count). The fraction of sp³-hybridized carbons (Fsp3) is 0.636. The number of anilines is 1. The van der Waals surface area contributed by atoms with Gasteiger partial charge in [0.1, 0.15) is 12.1 Å². The highest BCUT2D eigenvalue weighted by Crippen LogP contribution is 2.12. The summed E-state index contributed by atoms with van der Waals surface area (Å²) in [5.74, 6) is 1.55. The van der Waals surface area contributed by atoms with Crippen molar-refractivity contribution in [2.45, 2.75) is 26.3 Å². The molecule has 0 aliphatic carbocycles. The zero-order valence-electron chi connectivity index (χ0n) is 10.3. The van der Waals surface area contributed by atoms with E-state index in [1.165, 1.54) is 0 Å². The maximum absolute atomic E-state index is 11.2. The lowest BCUT2D eigenvalue weighted by atomic mass is 10.3. The van der Waals surface area contributed by atoms with Crippen LogP contribution >= 0.6 is 0 Å². The van der Waals surface area contributed by atoms with E-state index in [1.54, 1.807) is 12.6 Å². The Kier molecular flexibility index (Phi) is 4.86. The third-order valence-corrected chi connectivity index (χ3v) is 3.52. The van der Waals surface area contributed by atoms with Gasteiger partial charge in [-0.15, -0.1) is 0 Å².